The predicted molar refractivity (Wildman–Crippen MR) is 103 cm³/mol. The first-order valence-electron chi connectivity index (χ1n) is 8.44. The van der Waals surface area contributed by atoms with Crippen molar-refractivity contribution in [2.24, 2.45) is 0 Å². The van der Waals surface area contributed by atoms with E-state index in [9.17, 15) is 0 Å². The summed E-state index contributed by atoms with van der Waals surface area (Å²) in [6.07, 6.45) is 1.74. The molecule has 0 radical (unpaired) electrons. The zero-order valence-corrected chi connectivity index (χ0v) is 15.4. The third kappa shape index (κ3) is 3.41. The van der Waals surface area contributed by atoms with E-state index in [1.165, 1.54) is 0 Å². The van der Waals surface area contributed by atoms with Gasteiger partial charge in [0, 0.05) is 24.5 Å². The van der Waals surface area contributed by atoms with Crippen molar-refractivity contribution in [1.82, 2.24) is 15.0 Å². The second kappa shape index (κ2) is 7.17. The molecule has 0 atom stereocenters. The van der Waals surface area contributed by atoms with Gasteiger partial charge in [-0.15, -0.1) is 0 Å². The third-order valence-corrected chi connectivity index (χ3v) is 4.95. The molecule has 7 nitrogen and oxygen atoms in total. The first-order chi connectivity index (χ1) is 12.7. The summed E-state index contributed by atoms with van der Waals surface area (Å²) in [5.41, 5.74) is 2.65. The third-order valence-electron chi connectivity index (χ3n) is 3.81. The van der Waals surface area contributed by atoms with Crippen molar-refractivity contribution >= 4 is 28.1 Å². The standard InChI is InChI=1S/C18H19N5O2S/c1-3-19-18-21-11(2)16(26-18)13-6-7-20-17(23-13)22-12-4-5-14-15(10-12)25-9-8-24-14/h4-7,10H,3,8-9H2,1-2H3,(H,19,21)(H,20,22,23). The molecule has 3 heterocycles. The molecular formula is C18H19N5O2S. The molecule has 2 N–H and O–H groups in total. The molecule has 2 aromatic heterocycles. The molecule has 0 spiro atoms. The molecule has 0 saturated heterocycles. The number of rotatable bonds is 5. The molecule has 0 amide bonds. The Balaban J connectivity index is 1.58. The minimum absolute atomic E-state index is 0.525. The molecule has 0 unspecified atom stereocenters. The van der Waals surface area contributed by atoms with Gasteiger partial charge in [-0.05, 0) is 32.0 Å². The highest BCUT2D eigenvalue weighted by Gasteiger charge is 2.14. The van der Waals surface area contributed by atoms with E-state index in [0.717, 1.165) is 45.1 Å². The molecule has 8 heteroatoms. The highest BCUT2D eigenvalue weighted by atomic mass is 32.1. The van der Waals surface area contributed by atoms with Crippen LogP contribution in [-0.4, -0.2) is 34.7 Å². The highest BCUT2D eigenvalue weighted by molar-refractivity contribution is 7.19. The predicted octanol–water partition coefficient (Wildman–Crippen LogP) is 3.86. The molecule has 0 saturated carbocycles. The second-order valence-electron chi connectivity index (χ2n) is 5.71. The lowest BCUT2D eigenvalue weighted by atomic mass is 10.2. The summed E-state index contributed by atoms with van der Waals surface area (Å²) in [4.78, 5) is 14.5. The molecule has 26 heavy (non-hydrogen) atoms. The molecule has 0 bridgehead atoms. The van der Waals surface area contributed by atoms with Gasteiger partial charge in [0.2, 0.25) is 5.95 Å². The Bertz CT molecular complexity index is 928. The Morgan fingerprint density at radius 2 is 1.96 bits per heavy atom. The maximum Gasteiger partial charge on any atom is 0.227 e. The van der Waals surface area contributed by atoms with Crippen molar-refractivity contribution in [3.63, 3.8) is 0 Å². The summed E-state index contributed by atoms with van der Waals surface area (Å²) < 4.78 is 11.2. The van der Waals surface area contributed by atoms with Gasteiger partial charge < -0.3 is 20.1 Å². The zero-order valence-electron chi connectivity index (χ0n) is 14.6. The quantitative estimate of drug-likeness (QED) is 0.707. The molecule has 0 fully saturated rings. The lowest BCUT2D eigenvalue weighted by Crippen LogP contribution is -2.15. The number of hydrogen-bond donors (Lipinski definition) is 2. The molecule has 1 aromatic carbocycles. The number of aryl methyl sites for hydroxylation is 1. The lowest BCUT2D eigenvalue weighted by Gasteiger charge is -2.19. The van der Waals surface area contributed by atoms with Crippen LogP contribution in [0.1, 0.15) is 12.6 Å². The van der Waals surface area contributed by atoms with Gasteiger partial charge in [-0.2, -0.15) is 0 Å². The Morgan fingerprint density at radius 3 is 2.81 bits per heavy atom. The maximum absolute atomic E-state index is 5.62. The molecular weight excluding hydrogens is 350 g/mol. The summed E-state index contributed by atoms with van der Waals surface area (Å²) in [6, 6.07) is 7.60. The van der Waals surface area contributed by atoms with Crippen LogP contribution in [0.3, 0.4) is 0 Å². The van der Waals surface area contributed by atoms with Gasteiger partial charge in [0.25, 0.3) is 0 Å². The van der Waals surface area contributed by atoms with Crippen LogP contribution in [-0.2, 0) is 0 Å². The Labute approximate surface area is 155 Å². The Hall–Kier alpha value is -2.87. The van der Waals surface area contributed by atoms with Gasteiger partial charge >= 0.3 is 0 Å². The van der Waals surface area contributed by atoms with E-state index in [4.69, 9.17) is 9.47 Å². The first-order valence-corrected chi connectivity index (χ1v) is 9.26. The highest BCUT2D eigenvalue weighted by Crippen LogP contribution is 2.34. The van der Waals surface area contributed by atoms with Crippen LogP contribution < -0.4 is 20.1 Å². The van der Waals surface area contributed by atoms with Crippen molar-refractivity contribution in [3.05, 3.63) is 36.2 Å². The van der Waals surface area contributed by atoms with E-state index in [1.807, 2.05) is 31.2 Å². The van der Waals surface area contributed by atoms with E-state index in [-0.39, 0.29) is 0 Å². The summed E-state index contributed by atoms with van der Waals surface area (Å²) in [6.45, 7) is 6.02. The topological polar surface area (TPSA) is 81.2 Å². The number of benzene rings is 1. The minimum atomic E-state index is 0.525. The summed E-state index contributed by atoms with van der Waals surface area (Å²) in [7, 11) is 0. The van der Waals surface area contributed by atoms with Crippen LogP contribution in [0.2, 0.25) is 0 Å². The zero-order chi connectivity index (χ0) is 17.9. The Morgan fingerprint density at radius 1 is 1.12 bits per heavy atom. The minimum Gasteiger partial charge on any atom is -0.486 e. The largest absolute Gasteiger partial charge is 0.486 e. The van der Waals surface area contributed by atoms with E-state index in [1.54, 1.807) is 17.5 Å². The fourth-order valence-electron chi connectivity index (χ4n) is 2.66. The smallest absolute Gasteiger partial charge is 0.227 e. The number of nitrogens with zero attached hydrogens (tertiary/aromatic N) is 3. The van der Waals surface area contributed by atoms with Crippen molar-refractivity contribution in [2.45, 2.75) is 13.8 Å². The van der Waals surface area contributed by atoms with Gasteiger partial charge in [-0.25, -0.2) is 15.0 Å². The molecule has 0 aliphatic carbocycles. The monoisotopic (exact) mass is 369 g/mol. The fourth-order valence-corrected chi connectivity index (χ4v) is 3.66. The first kappa shape index (κ1) is 16.6. The molecule has 1 aliphatic heterocycles. The van der Waals surface area contributed by atoms with Gasteiger partial charge in [0.15, 0.2) is 16.6 Å². The molecule has 134 valence electrons. The van der Waals surface area contributed by atoms with Gasteiger partial charge in [0.1, 0.15) is 13.2 Å². The van der Waals surface area contributed by atoms with Crippen LogP contribution in [0.25, 0.3) is 10.6 Å². The molecule has 3 aromatic rings. The van der Waals surface area contributed by atoms with Gasteiger partial charge in [0.05, 0.1) is 16.3 Å². The van der Waals surface area contributed by atoms with Crippen molar-refractivity contribution in [3.8, 4) is 22.1 Å². The van der Waals surface area contributed by atoms with Gasteiger partial charge in [-0.1, -0.05) is 11.3 Å². The van der Waals surface area contributed by atoms with Crippen LogP contribution in [0.4, 0.5) is 16.8 Å². The van der Waals surface area contributed by atoms with E-state index >= 15 is 0 Å². The van der Waals surface area contributed by atoms with Crippen molar-refractivity contribution in [1.29, 1.82) is 0 Å². The number of thiazole rings is 1. The van der Waals surface area contributed by atoms with Crippen molar-refractivity contribution < 1.29 is 9.47 Å². The van der Waals surface area contributed by atoms with E-state index in [0.29, 0.717) is 19.2 Å². The number of fused-ring (bicyclic) bond motifs is 1. The maximum atomic E-state index is 5.62. The number of anilines is 3. The van der Waals surface area contributed by atoms with Crippen LogP contribution in [0, 0.1) is 6.92 Å². The van der Waals surface area contributed by atoms with Gasteiger partial charge in [-0.3, -0.25) is 0 Å². The summed E-state index contributed by atoms with van der Waals surface area (Å²) in [5, 5.41) is 7.37. The normalized spacial score (nSPS) is 12.7. The SMILES string of the molecule is CCNc1nc(C)c(-c2ccnc(Nc3ccc4c(c3)OCCO4)n2)s1. The molecule has 4 rings (SSSR count). The van der Waals surface area contributed by atoms with Crippen LogP contribution in [0.5, 0.6) is 11.5 Å². The molecule has 1 aliphatic rings. The van der Waals surface area contributed by atoms with Crippen LogP contribution >= 0.6 is 11.3 Å². The van der Waals surface area contributed by atoms with Crippen LogP contribution in [0.15, 0.2) is 30.5 Å². The van der Waals surface area contributed by atoms with Crippen molar-refractivity contribution in [2.75, 3.05) is 30.4 Å². The lowest BCUT2D eigenvalue weighted by molar-refractivity contribution is 0.171. The number of aromatic nitrogens is 3. The number of ether oxygens (including phenoxy) is 2. The van der Waals surface area contributed by atoms with E-state index in [2.05, 4.69) is 32.5 Å². The summed E-state index contributed by atoms with van der Waals surface area (Å²) in [5.74, 6) is 2.01. The summed E-state index contributed by atoms with van der Waals surface area (Å²) >= 11 is 1.59. The Kier molecular flexibility index (Phi) is 4.57. The second-order valence-corrected chi connectivity index (χ2v) is 6.71. The average Bonchev–Trinajstić information content (AvgIpc) is 3.02. The fraction of sp³-hybridized carbons (Fsp3) is 0.278. The van der Waals surface area contributed by atoms with E-state index < -0.39 is 0 Å². The number of hydrogen-bond acceptors (Lipinski definition) is 8. The average molecular weight is 369 g/mol. The number of nitrogens with one attached hydrogen (secondary N) is 2.